The van der Waals surface area contributed by atoms with E-state index in [0.717, 1.165) is 36.3 Å². The van der Waals surface area contributed by atoms with Crippen LogP contribution < -0.4 is 4.74 Å². The molecule has 6 nitrogen and oxygen atoms in total. The largest absolute Gasteiger partial charge is 0.496 e. The van der Waals surface area contributed by atoms with Gasteiger partial charge in [-0.3, -0.25) is 9.78 Å². The monoisotopic (exact) mass is 377 g/mol. The van der Waals surface area contributed by atoms with E-state index >= 15 is 0 Å². The Morgan fingerprint density at radius 2 is 2.11 bits per heavy atom. The highest BCUT2D eigenvalue weighted by molar-refractivity contribution is 5.94. The summed E-state index contributed by atoms with van der Waals surface area (Å²) < 4.78 is 11.5. The molecule has 1 aliphatic heterocycles. The van der Waals surface area contributed by atoms with Gasteiger partial charge in [0.25, 0.3) is 5.91 Å². The van der Waals surface area contributed by atoms with Crippen molar-refractivity contribution in [3.8, 4) is 5.75 Å². The zero-order valence-electron chi connectivity index (χ0n) is 15.9. The molecule has 1 amide bonds. The summed E-state index contributed by atoms with van der Waals surface area (Å²) in [5.41, 5.74) is 1.63. The molecule has 1 saturated heterocycles. The van der Waals surface area contributed by atoms with Gasteiger partial charge in [-0.15, -0.1) is 0 Å². The lowest BCUT2D eigenvalue weighted by atomic mass is 10.0. The molecule has 1 atom stereocenters. The molecule has 144 valence electrons. The van der Waals surface area contributed by atoms with Crippen LogP contribution in [0, 0.1) is 0 Å². The van der Waals surface area contributed by atoms with E-state index in [1.54, 1.807) is 37.8 Å². The number of likely N-dealkylation sites (tertiary alicyclic amines) is 1. The Morgan fingerprint density at radius 1 is 1.21 bits per heavy atom. The number of para-hydroxylation sites is 1. The highest BCUT2D eigenvalue weighted by Crippen LogP contribution is 2.32. The summed E-state index contributed by atoms with van der Waals surface area (Å²) in [7, 11) is 1.66. The minimum absolute atomic E-state index is 0.0257. The van der Waals surface area contributed by atoms with Gasteiger partial charge >= 0.3 is 0 Å². The number of carbonyl (C=O) groups is 1. The van der Waals surface area contributed by atoms with Crippen LogP contribution in [0.5, 0.6) is 5.75 Å². The predicted octanol–water partition coefficient (Wildman–Crippen LogP) is 4.04. The van der Waals surface area contributed by atoms with Gasteiger partial charge in [-0.1, -0.05) is 18.2 Å². The fourth-order valence-corrected chi connectivity index (χ4v) is 3.68. The maximum Gasteiger partial charge on any atom is 0.256 e. The van der Waals surface area contributed by atoms with Gasteiger partial charge in [0.15, 0.2) is 0 Å². The van der Waals surface area contributed by atoms with Crippen LogP contribution >= 0.6 is 0 Å². The van der Waals surface area contributed by atoms with Gasteiger partial charge in [0.2, 0.25) is 5.89 Å². The first-order chi connectivity index (χ1) is 13.8. The van der Waals surface area contributed by atoms with Crippen molar-refractivity contribution in [3.63, 3.8) is 0 Å². The van der Waals surface area contributed by atoms with Crippen LogP contribution in [0.3, 0.4) is 0 Å². The molecule has 0 N–H and O–H groups in total. The van der Waals surface area contributed by atoms with Crippen molar-refractivity contribution in [3.05, 3.63) is 77.8 Å². The van der Waals surface area contributed by atoms with Crippen LogP contribution in [0.1, 0.15) is 52.9 Å². The summed E-state index contributed by atoms with van der Waals surface area (Å²) in [6, 6.07) is 11.3. The molecule has 3 aromatic rings. The number of carbonyl (C=O) groups excluding carboxylic acids is 1. The first-order valence-electron chi connectivity index (χ1n) is 9.54. The SMILES string of the molecule is COc1ccccc1Cc1cnc(C2CCCCN2C(=O)c2cccnc2)o1. The van der Waals surface area contributed by atoms with Crippen molar-refractivity contribution in [1.82, 2.24) is 14.9 Å². The Bertz CT molecular complexity index is 939. The lowest BCUT2D eigenvalue weighted by Crippen LogP contribution is -2.38. The highest BCUT2D eigenvalue weighted by Gasteiger charge is 2.32. The van der Waals surface area contributed by atoms with Crippen molar-refractivity contribution in [2.24, 2.45) is 0 Å². The van der Waals surface area contributed by atoms with Gasteiger partial charge in [-0.2, -0.15) is 0 Å². The number of rotatable bonds is 5. The lowest BCUT2D eigenvalue weighted by Gasteiger charge is -2.33. The zero-order valence-corrected chi connectivity index (χ0v) is 15.9. The molecule has 1 unspecified atom stereocenters. The van der Waals surface area contributed by atoms with Crippen molar-refractivity contribution in [2.75, 3.05) is 13.7 Å². The zero-order chi connectivity index (χ0) is 19.3. The summed E-state index contributed by atoms with van der Waals surface area (Å²) >= 11 is 0. The summed E-state index contributed by atoms with van der Waals surface area (Å²) in [4.78, 5) is 23.4. The van der Waals surface area contributed by atoms with E-state index in [4.69, 9.17) is 9.15 Å². The minimum Gasteiger partial charge on any atom is -0.496 e. The topological polar surface area (TPSA) is 68.5 Å². The molecule has 3 heterocycles. The third-order valence-electron chi connectivity index (χ3n) is 5.09. The van der Waals surface area contributed by atoms with Gasteiger partial charge in [-0.05, 0) is 37.5 Å². The fraction of sp³-hybridized carbons (Fsp3) is 0.318. The standard InChI is InChI=1S/C22H23N3O3/c1-27-20-10-3-2-7-16(20)13-18-15-24-21(28-18)19-9-4-5-12-25(19)22(26)17-8-6-11-23-14-17/h2-3,6-8,10-11,14-15,19H,4-5,9,12-13H2,1H3. The smallest absolute Gasteiger partial charge is 0.256 e. The number of piperidine rings is 1. The number of aromatic nitrogens is 2. The second-order valence-corrected chi connectivity index (χ2v) is 6.91. The average Bonchev–Trinajstić information content (AvgIpc) is 3.22. The minimum atomic E-state index is -0.145. The predicted molar refractivity (Wildman–Crippen MR) is 104 cm³/mol. The third kappa shape index (κ3) is 3.76. The summed E-state index contributed by atoms with van der Waals surface area (Å²) in [6.07, 6.45) is 8.51. The molecule has 1 aliphatic rings. The van der Waals surface area contributed by atoms with Gasteiger partial charge in [0.1, 0.15) is 17.6 Å². The molecule has 0 bridgehead atoms. The summed E-state index contributed by atoms with van der Waals surface area (Å²) in [6.45, 7) is 0.697. The first kappa shape index (κ1) is 18.2. The second kappa shape index (κ2) is 8.25. The van der Waals surface area contributed by atoms with Crippen LogP contribution in [-0.2, 0) is 6.42 Å². The van der Waals surface area contributed by atoms with Gasteiger partial charge in [-0.25, -0.2) is 4.98 Å². The third-order valence-corrected chi connectivity index (χ3v) is 5.09. The second-order valence-electron chi connectivity index (χ2n) is 6.91. The molecule has 6 heteroatoms. The van der Waals surface area contributed by atoms with E-state index in [2.05, 4.69) is 9.97 Å². The molecular formula is C22H23N3O3. The van der Waals surface area contributed by atoms with E-state index in [1.165, 1.54) is 0 Å². The van der Waals surface area contributed by atoms with Gasteiger partial charge < -0.3 is 14.1 Å². The molecule has 4 rings (SSSR count). The Labute approximate surface area is 164 Å². The molecular weight excluding hydrogens is 354 g/mol. The van der Waals surface area contributed by atoms with Crippen LogP contribution in [0.4, 0.5) is 0 Å². The molecule has 0 radical (unpaired) electrons. The molecule has 28 heavy (non-hydrogen) atoms. The van der Waals surface area contributed by atoms with E-state index in [1.807, 2.05) is 29.2 Å². The highest BCUT2D eigenvalue weighted by atomic mass is 16.5. The number of benzene rings is 1. The molecule has 1 fully saturated rings. The number of pyridine rings is 1. The molecule has 1 aromatic carbocycles. The van der Waals surface area contributed by atoms with Gasteiger partial charge in [0, 0.05) is 30.9 Å². The lowest BCUT2D eigenvalue weighted by molar-refractivity contribution is 0.0569. The number of oxazole rings is 1. The molecule has 0 spiro atoms. The Morgan fingerprint density at radius 3 is 2.93 bits per heavy atom. The molecule has 2 aromatic heterocycles. The maximum absolute atomic E-state index is 13.0. The number of hydrogen-bond acceptors (Lipinski definition) is 5. The average molecular weight is 377 g/mol. The van der Waals surface area contributed by atoms with Crippen molar-refractivity contribution < 1.29 is 13.9 Å². The van der Waals surface area contributed by atoms with E-state index in [-0.39, 0.29) is 11.9 Å². The van der Waals surface area contributed by atoms with Gasteiger partial charge in [0.05, 0.1) is 18.9 Å². The Balaban J connectivity index is 1.55. The van der Waals surface area contributed by atoms with Crippen LogP contribution in [-0.4, -0.2) is 34.4 Å². The van der Waals surface area contributed by atoms with Crippen molar-refractivity contribution >= 4 is 5.91 Å². The van der Waals surface area contributed by atoms with Crippen molar-refractivity contribution in [2.45, 2.75) is 31.7 Å². The Kier molecular flexibility index (Phi) is 5.37. The summed E-state index contributed by atoms with van der Waals surface area (Å²) in [5, 5.41) is 0. The summed E-state index contributed by atoms with van der Waals surface area (Å²) in [5.74, 6) is 2.16. The number of ether oxygens (including phenoxy) is 1. The van der Waals surface area contributed by atoms with Crippen LogP contribution in [0.25, 0.3) is 0 Å². The number of methoxy groups -OCH3 is 1. The Hall–Kier alpha value is -3.15. The number of nitrogens with zero attached hydrogens (tertiary/aromatic N) is 3. The molecule has 0 aliphatic carbocycles. The number of amides is 1. The quantitative estimate of drug-likeness (QED) is 0.671. The van der Waals surface area contributed by atoms with Crippen molar-refractivity contribution in [1.29, 1.82) is 0 Å². The van der Waals surface area contributed by atoms with E-state index in [0.29, 0.717) is 24.4 Å². The maximum atomic E-state index is 13.0. The van der Waals surface area contributed by atoms with Crippen LogP contribution in [0.2, 0.25) is 0 Å². The fourth-order valence-electron chi connectivity index (χ4n) is 3.68. The number of hydrogen-bond donors (Lipinski definition) is 0. The van der Waals surface area contributed by atoms with E-state index < -0.39 is 0 Å². The van der Waals surface area contributed by atoms with E-state index in [9.17, 15) is 4.79 Å². The normalized spacial score (nSPS) is 16.8. The van der Waals surface area contributed by atoms with Crippen LogP contribution in [0.15, 0.2) is 59.4 Å². The first-order valence-corrected chi connectivity index (χ1v) is 9.54. The molecule has 0 saturated carbocycles.